The summed E-state index contributed by atoms with van der Waals surface area (Å²) in [4.78, 5) is 10.9. The smallest absolute Gasteiger partial charge is 0.230 e. The van der Waals surface area contributed by atoms with E-state index in [9.17, 15) is 9.00 Å². The second-order valence-corrected chi connectivity index (χ2v) is 6.38. The van der Waals surface area contributed by atoms with Gasteiger partial charge < -0.3 is 11.1 Å². The maximum atomic E-state index is 12.1. The lowest BCUT2D eigenvalue weighted by molar-refractivity contribution is -0.115. The maximum absolute atomic E-state index is 12.1. The molecule has 17 heavy (non-hydrogen) atoms. The molecule has 0 bridgehead atoms. The molecule has 0 heterocycles. The van der Waals surface area contributed by atoms with Gasteiger partial charge in [-0.15, -0.1) is 0 Å². The van der Waals surface area contributed by atoms with Crippen LogP contribution in [0.4, 0.5) is 0 Å². The number of carbonyl (C=O) groups excluding carboxylic acids is 1. The molecule has 5 heteroatoms. The summed E-state index contributed by atoms with van der Waals surface area (Å²) in [6.07, 6.45) is 6.59. The van der Waals surface area contributed by atoms with Gasteiger partial charge in [-0.05, 0) is 25.8 Å². The molecule has 1 fully saturated rings. The predicted molar refractivity (Wildman–Crippen MR) is 71.2 cm³/mol. The molecule has 0 saturated heterocycles. The van der Waals surface area contributed by atoms with Gasteiger partial charge in [-0.25, -0.2) is 0 Å². The van der Waals surface area contributed by atoms with Crippen molar-refractivity contribution in [1.29, 1.82) is 0 Å². The lowest BCUT2D eigenvalue weighted by Crippen LogP contribution is -2.43. The summed E-state index contributed by atoms with van der Waals surface area (Å²) in [6.45, 7) is 3.08. The van der Waals surface area contributed by atoms with Crippen molar-refractivity contribution in [3.63, 3.8) is 0 Å². The highest BCUT2D eigenvalue weighted by atomic mass is 32.2. The molecule has 1 amide bonds. The number of amides is 1. The molecule has 1 rings (SSSR count). The number of hydrogen-bond donors (Lipinski definition) is 2. The summed E-state index contributed by atoms with van der Waals surface area (Å²) in [5.74, 6) is -0.448. The highest BCUT2D eigenvalue weighted by molar-refractivity contribution is 7.86. The fourth-order valence-corrected chi connectivity index (χ4v) is 3.92. The van der Waals surface area contributed by atoms with Crippen LogP contribution >= 0.6 is 0 Å². The van der Waals surface area contributed by atoms with Crippen LogP contribution in [0.15, 0.2) is 0 Å². The summed E-state index contributed by atoms with van der Waals surface area (Å²) < 4.78 is 12.1. The average molecular weight is 260 g/mol. The number of primary amides is 1. The summed E-state index contributed by atoms with van der Waals surface area (Å²) in [6, 6.07) is 0.289. The van der Waals surface area contributed by atoms with E-state index in [-0.39, 0.29) is 17.0 Å². The van der Waals surface area contributed by atoms with Gasteiger partial charge in [0.2, 0.25) is 5.91 Å². The van der Waals surface area contributed by atoms with Crippen molar-refractivity contribution in [1.82, 2.24) is 5.32 Å². The first kappa shape index (κ1) is 14.6. The Morgan fingerprint density at radius 2 is 2.06 bits per heavy atom. The first-order valence-corrected chi connectivity index (χ1v) is 7.92. The molecule has 3 N–H and O–H groups in total. The first-order chi connectivity index (χ1) is 8.15. The number of rotatable bonds is 6. The molecule has 3 unspecified atom stereocenters. The molecule has 0 radical (unpaired) electrons. The first-order valence-electron chi connectivity index (χ1n) is 6.54. The van der Waals surface area contributed by atoms with E-state index in [2.05, 4.69) is 12.2 Å². The Morgan fingerprint density at radius 1 is 1.35 bits per heavy atom. The number of nitrogens with two attached hydrogens (primary N) is 1. The van der Waals surface area contributed by atoms with E-state index in [1.165, 1.54) is 12.8 Å². The Balaban J connectivity index is 2.60. The number of hydrogen-bond acceptors (Lipinski definition) is 3. The van der Waals surface area contributed by atoms with E-state index < -0.39 is 16.7 Å². The highest BCUT2D eigenvalue weighted by Crippen LogP contribution is 2.22. The van der Waals surface area contributed by atoms with Crippen LogP contribution in [0.25, 0.3) is 0 Å². The molecule has 0 aromatic carbocycles. The molecule has 0 aromatic heterocycles. The fraction of sp³-hybridized carbons (Fsp3) is 0.917. The molecule has 1 saturated carbocycles. The van der Waals surface area contributed by atoms with Crippen molar-refractivity contribution in [2.45, 2.75) is 56.7 Å². The summed E-state index contributed by atoms with van der Waals surface area (Å²) in [5.41, 5.74) is 5.13. The van der Waals surface area contributed by atoms with Crippen LogP contribution in [0.3, 0.4) is 0 Å². The van der Waals surface area contributed by atoms with Crippen molar-refractivity contribution in [3.05, 3.63) is 0 Å². The maximum Gasteiger partial charge on any atom is 0.230 e. The molecule has 4 nitrogen and oxygen atoms in total. The summed E-state index contributed by atoms with van der Waals surface area (Å²) >= 11 is 0. The largest absolute Gasteiger partial charge is 0.369 e. The molecule has 1 aliphatic carbocycles. The third-order valence-electron chi connectivity index (χ3n) is 3.23. The van der Waals surface area contributed by atoms with Crippen LogP contribution in [0, 0.1) is 0 Å². The van der Waals surface area contributed by atoms with Crippen molar-refractivity contribution in [2.75, 3.05) is 12.3 Å². The van der Waals surface area contributed by atoms with Gasteiger partial charge >= 0.3 is 0 Å². The molecule has 1 aliphatic rings. The van der Waals surface area contributed by atoms with E-state index in [1.807, 2.05) is 0 Å². The number of carbonyl (C=O) groups is 1. The molecular formula is C12H24N2O2S. The highest BCUT2D eigenvalue weighted by Gasteiger charge is 2.28. The van der Waals surface area contributed by atoms with Gasteiger partial charge in [0.25, 0.3) is 0 Å². The van der Waals surface area contributed by atoms with E-state index >= 15 is 0 Å². The minimum absolute atomic E-state index is 0.00890. The fourth-order valence-electron chi connectivity index (χ4n) is 2.40. The van der Waals surface area contributed by atoms with Crippen LogP contribution < -0.4 is 11.1 Å². The number of nitrogens with one attached hydrogen (secondary N) is 1. The van der Waals surface area contributed by atoms with Gasteiger partial charge in [-0.2, -0.15) is 0 Å². The van der Waals surface area contributed by atoms with E-state index in [0.717, 1.165) is 32.2 Å². The normalized spacial score (nSPS) is 27.4. The van der Waals surface area contributed by atoms with Gasteiger partial charge in [-0.3, -0.25) is 9.00 Å². The second kappa shape index (κ2) is 7.82. The minimum Gasteiger partial charge on any atom is -0.369 e. The zero-order valence-electron chi connectivity index (χ0n) is 10.6. The van der Waals surface area contributed by atoms with Crippen LogP contribution in [-0.2, 0) is 15.6 Å². The Hall–Kier alpha value is -0.420. The van der Waals surface area contributed by atoms with E-state index in [4.69, 9.17) is 5.73 Å². The average Bonchev–Trinajstić information content (AvgIpc) is 2.50. The predicted octanol–water partition coefficient (Wildman–Crippen LogP) is 0.921. The third kappa shape index (κ3) is 5.17. The summed E-state index contributed by atoms with van der Waals surface area (Å²) in [5, 5.41) is 3.56. The molecule has 0 aromatic rings. The zero-order chi connectivity index (χ0) is 12.7. The van der Waals surface area contributed by atoms with Crippen molar-refractivity contribution >= 4 is 16.7 Å². The van der Waals surface area contributed by atoms with Gasteiger partial charge in [0.1, 0.15) is 5.75 Å². The van der Waals surface area contributed by atoms with E-state index in [1.54, 1.807) is 0 Å². The minimum atomic E-state index is -1.12. The standard InChI is InChI=1S/C12H24N2O2S/c1-2-8-14-10-6-4-3-5-7-11(10)17(16)9-12(13)15/h10-11,14H,2-9H2,1H3,(H2,13,15). The lowest BCUT2D eigenvalue weighted by Gasteiger charge is -2.25. The third-order valence-corrected chi connectivity index (χ3v) is 5.04. The Kier molecular flexibility index (Phi) is 6.73. The van der Waals surface area contributed by atoms with Gasteiger partial charge in [-0.1, -0.05) is 26.2 Å². The van der Waals surface area contributed by atoms with Crippen molar-refractivity contribution < 1.29 is 9.00 Å². The molecule has 0 aliphatic heterocycles. The lowest BCUT2D eigenvalue weighted by atomic mass is 10.1. The Morgan fingerprint density at radius 3 is 2.71 bits per heavy atom. The molecule has 0 spiro atoms. The van der Waals surface area contributed by atoms with Crippen LogP contribution in [0.5, 0.6) is 0 Å². The van der Waals surface area contributed by atoms with Crippen LogP contribution in [-0.4, -0.2) is 33.7 Å². The quantitative estimate of drug-likeness (QED) is 0.698. The van der Waals surface area contributed by atoms with Crippen molar-refractivity contribution in [3.8, 4) is 0 Å². The summed E-state index contributed by atoms with van der Waals surface area (Å²) in [7, 11) is -1.12. The Labute approximate surface area is 106 Å². The SMILES string of the molecule is CCCNC1CCCCCC1S(=O)CC(N)=O. The second-order valence-electron chi connectivity index (χ2n) is 4.73. The topological polar surface area (TPSA) is 72.2 Å². The van der Waals surface area contributed by atoms with E-state index in [0.29, 0.717) is 0 Å². The zero-order valence-corrected chi connectivity index (χ0v) is 11.4. The monoisotopic (exact) mass is 260 g/mol. The van der Waals surface area contributed by atoms with Gasteiger partial charge in [0, 0.05) is 16.8 Å². The molecular weight excluding hydrogens is 236 g/mol. The molecule has 3 atom stereocenters. The van der Waals surface area contributed by atoms with Gasteiger partial charge in [0.05, 0.1) is 5.25 Å². The Bertz CT molecular complexity index is 271. The van der Waals surface area contributed by atoms with Crippen LogP contribution in [0.2, 0.25) is 0 Å². The van der Waals surface area contributed by atoms with Gasteiger partial charge in [0.15, 0.2) is 0 Å². The molecule has 100 valence electrons. The van der Waals surface area contributed by atoms with Crippen LogP contribution in [0.1, 0.15) is 45.4 Å². The van der Waals surface area contributed by atoms with Crippen molar-refractivity contribution in [2.24, 2.45) is 5.73 Å².